The van der Waals surface area contributed by atoms with Crippen LogP contribution in [-0.4, -0.2) is 21.1 Å². The van der Waals surface area contributed by atoms with Gasteiger partial charge in [0.1, 0.15) is 5.82 Å². The van der Waals surface area contributed by atoms with Gasteiger partial charge in [0, 0.05) is 30.8 Å². The molecule has 1 unspecified atom stereocenters. The van der Waals surface area contributed by atoms with Gasteiger partial charge >= 0.3 is 0 Å². The van der Waals surface area contributed by atoms with E-state index in [0.717, 1.165) is 23.8 Å². The first kappa shape index (κ1) is 12.8. The zero-order valence-corrected chi connectivity index (χ0v) is 11.4. The van der Waals surface area contributed by atoms with Crippen molar-refractivity contribution >= 4 is 0 Å². The van der Waals surface area contributed by atoms with Crippen LogP contribution in [0.2, 0.25) is 0 Å². The average Bonchev–Trinajstić information content (AvgIpc) is 2.73. The van der Waals surface area contributed by atoms with Crippen LogP contribution in [0, 0.1) is 13.8 Å². The highest BCUT2D eigenvalue weighted by molar-refractivity contribution is 5.30. The number of hydrogen-bond acceptors (Lipinski definition) is 3. The van der Waals surface area contributed by atoms with E-state index in [2.05, 4.69) is 41.3 Å². The van der Waals surface area contributed by atoms with Crippen LogP contribution in [0.15, 0.2) is 24.5 Å². The molecule has 0 amide bonds. The highest BCUT2D eigenvalue weighted by Crippen LogP contribution is 2.22. The summed E-state index contributed by atoms with van der Waals surface area (Å²) in [6.45, 7) is 7.06. The molecule has 0 bridgehead atoms. The zero-order chi connectivity index (χ0) is 13.1. The summed E-state index contributed by atoms with van der Waals surface area (Å²) in [4.78, 5) is 8.99. The molecule has 0 saturated carbocycles. The zero-order valence-electron chi connectivity index (χ0n) is 11.4. The second-order valence-corrected chi connectivity index (χ2v) is 4.51. The van der Waals surface area contributed by atoms with Crippen molar-refractivity contribution in [3.63, 3.8) is 0 Å². The maximum absolute atomic E-state index is 4.54. The molecule has 0 aliphatic carbocycles. The Kier molecular flexibility index (Phi) is 3.77. The molecule has 18 heavy (non-hydrogen) atoms. The summed E-state index contributed by atoms with van der Waals surface area (Å²) in [6.07, 6.45) is 3.80. The van der Waals surface area contributed by atoms with Gasteiger partial charge in [0.15, 0.2) is 0 Å². The highest BCUT2D eigenvalue weighted by atomic mass is 15.1. The Balaban J connectivity index is 2.45. The van der Waals surface area contributed by atoms with Crippen LogP contribution in [0.5, 0.6) is 0 Å². The van der Waals surface area contributed by atoms with E-state index in [1.807, 2.05) is 30.9 Å². The lowest BCUT2D eigenvalue weighted by Gasteiger charge is -2.19. The number of aromatic nitrogens is 3. The van der Waals surface area contributed by atoms with Crippen molar-refractivity contribution < 1.29 is 0 Å². The quantitative estimate of drug-likeness (QED) is 0.896. The summed E-state index contributed by atoms with van der Waals surface area (Å²) < 4.78 is 2.05. The molecule has 0 fully saturated rings. The van der Waals surface area contributed by atoms with Gasteiger partial charge < -0.3 is 9.88 Å². The van der Waals surface area contributed by atoms with Gasteiger partial charge in [-0.2, -0.15) is 0 Å². The lowest BCUT2D eigenvalue weighted by molar-refractivity contribution is 0.572. The van der Waals surface area contributed by atoms with E-state index < -0.39 is 0 Å². The maximum atomic E-state index is 4.54. The second-order valence-electron chi connectivity index (χ2n) is 4.51. The fourth-order valence-corrected chi connectivity index (χ4v) is 2.20. The molecule has 2 heterocycles. The number of nitrogens with one attached hydrogen (secondary N) is 1. The first-order chi connectivity index (χ1) is 8.63. The van der Waals surface area contributed by atoms with Gasteiger partial charge in [-0.15, -0.1) is 0 Å². The molecular formula is C14H20N4. The molecule has 2 aromatic rings. The van der Waals surface area contributed by atoms with E-state index in [1.165, 1.54) is 5.56 Å². The van der Waals surface area contributed by atoms with Gasteiger partial charge in [0.25, 0.3) is 0 Å². The summed E-state index contributed by atoms with van der Waals surface area (Å²) in [5, 5.41) is 3.48. The fourth-order valence-electron chi connectivity index (χ4n) is 2.20. The lowest BCUT2D eigenvalue weighted by atomic mass is 10.0. The third-order valence-electron chi connectivity index (χ3n) is 3.10. The molecule has 96 valence electrons. The SMILES string of the molecule is CCNC(c1ccc(C)nc1C)c1nccn1C. The second kappa shape index (κ2) is 5.31. The Morgan fingerprint density at radius 1 is 1.33 bits per heavy atom. The number of aryl methyl sites for hydroxylation is 3. The van der Waals surface area contributed by atoms with Gasteiger partial charge in [-0.25, -0.2) is 4.98 Å². The topological polar surface area (TPSA) is 42.7 Å². The van der Waals surface area contributed by atoms with Crippen LogP contribution in [0.1, 0.15) is 35.7 Å². The van der Waals surface area contributed by atoms with E-state index in [4.69, 9.17) is 0 Å². The molecular weight excluding hydrogens is 224 g/mol. The third-order valence-corrected chi connectivity index (χ3v) is 3.10. The standard InChI is InChI=1S/C14H20N4/c1-5-15-13(14-16-8-9-18(14)4)12-7-6-10(2)17-11(12)3/h6-9,13,15H,5H2,1-4H3. The minimum atomic E-state index is 0.100. The Morgan fingerprint density at radius 3 is 2.67 bits per heavy atom. The summed E-state index contributed by atoms with van der Waals surface area (Å²) in [7, 11) is 2.02. The van der Waals surface area contributed by atoms with Crippen molar-refractivity contribution in [1.29, 1.82) is 0 Å². The van der Waals surface area contributed by atoms with Crippen LogP contribution < -0.4 is 5.32 Å². The van der Waals surface area contributed by atoms with E-state index in [9.17, 15) is 0 Å². The summed E-state index contributed by atoms with van der Waals surface area (Å²) in [5.41, 5.74) is 3.30. The van der Waals surface area contributed by atoms with Crippen molar-refractivity contribution in [3.05, 3.63) is 47.3 Å². The molecule has 1 N–H and O–H groups in total. The minimum Gasteiger partial charge on any atom is -0.336 e. The van der Waals surface area contributed by atoms with Crippen molar-refractivity contribution in [2.75, 3.05) is 6.54 Å². The smallest absolute Gasteiger partial charge is 0.130 e. The van der Waals surface area contributed by atoms with Gasteiger partial charge in [0.2, 0.25) is 0 Å². The van der Waals surface area contributed by atoms with Crippen molar-refractivity contribution in [2.24, 2.45) is 7.05 Å². The van der Waals surface area contributed by atoms with E-state index in [0.29, 0.717) is 0 Å². The Bertz CT molecular complexity index is 530. The van der Waals surface area contributed by atoms with Crippen molar-refractivity contribution in [1.82, 2.24) is 19.9 Å². The van der Waals surface area contributed by atoms with Crippen molar-refractivity contribution in [3.8, 4) is 0 Å². The molecule has 0 aromatic carbocycles. The van der Waals surface area contributed by atoms with E-state index >= 15 is 0 Å². The molecule has 2 rings (SSSR count). The normalized spacial score (nSPS) is 12.7. The number of nitrogens with zero attached hydrogens (tertiary/aromatic N) is 3. The molecule has 4 heteroatoms. The third kappa shape index (κ3) is 2.43. The van der Waals surface area contributed by atoms with Gasteiger partial charge in [0.05, 0.1) is 6.04 Å². The van der Waals surface area contributed by atoms with E-state index in [1.54, 1.807) is 0 Å². The minimum absolute atomic E-state index is 0.100. The Hall–Kier alpha value is -1.68. The Morgan fingerprint density at radius 2 is 2.11 bits per heavy atom. The fraction of sp³-hybridized carbons (Fsp3) is 0.429. The van der Waals surface area contributed by atoms with Crippen LogP contribution in [-0.2, 0) is 7.05 Å². The largest absolute Gasteiger partial charge is 0.336 e. The highest BCUT2D eigenvalue weighted by Gasteiger charge is 2.19. The number of rotatable bonds is 4. The molecule has 0 saturated heterocycles. The first-order valence-electron chi connectivity index (χ1n) is 6.28. The van der Waals surface area contributed by atoms with Crippen LogP contribution in [0.3, 0.4) is 0 Å². The molecule has 1 atom stereocenters. The maximum Gasteiger partial charge on any atom is 0.130 e. The van der Waals surface area contributed by atoms with Crippen LogP contribution >= 0.6 is 0 Å². The monoisotopic (exact) mass is 244 g/mol. The van der Waals surface area contributed by atoms with Crippen molar-refractivity contribution in [2.45, 2.75) is 26.8 Å². The first-order valence-corrected chi connectivity index (χ1v) is 6.28. The number of imidazole rings is 1. The molecule has 2 aromatic heterocycles. The van der Waals surface area contributed by atoms with Gasteiger partial charge in [-0.3, -0.25) is 4.98 Å². The summed E-state index contributed by atoms with van der Waals surface area (Å²) in [5.74, 6) is 1.02. The lowest BCUT2D eigenvalue weighted by Crippen LogP contribution is -2.25. The predicted molar refractivity (Wildman–Crippen MR) is 72.4 cm³/mol. The van der Waals surface area contributed by atoms with Gasteiger partial charge in [-0.05, 0) is 32.0 Å². The number of pyridine rings is 1. The summed E-state index contributed by atoms with van der Waals surface area (Å²) >= 11 is 0. The summed E-state index contributed by atoms with van der Waals surface area (Å²) in [6, 6.07) is 4.29. The average molecular weight is 244 g/mol. The molecule has 0 spiro atoms. The Labute approximate surface area is 108 Å². The molecule has 4 nitrogen and oxygen atoms in total. The molecule has 0 aliphatic rings. The molecule has 0 radical (unpaired) electrons. The number of hydrogen-bond donors (Lipinski definition) is 1. The predicted octanol–water partition coefficient (Wildman–Crippen LogP) is 2.13. The van der Waals surface area contributed by atoms with Crippen LogP contribution in [0.4, 0.5) is 0 Å². The molecule has 0 aliphatic heterocycles. The van der Waals surface area contributed by atoms with E-state index in [-0.39, 0.29) is 6.04 Å². The van der Waals surface area contributed by atoms with Crippen LogP contribution in [0.25, 0.3) is 0 Å². The van der Waals surface area contributed by atoms with Gasteiger partial charge in [-0.1, -0.05) is 13.0 Å².